The van der Waals surface area contributed by atoms with Crippen LogP contribution >= 0.6 is 0 Å². The molecule has 1 nitrogen and oxygen atoms in total. The topological polar surface area (TPSA) is 9.23 Å². The molecule has 0 aliphatic carbocycles. The van der Waals surface area contributed by atoms with E-state index in [0.29, 0.717) is 0 Å². The van der Waals surface area contributed by atoms with Crippen molar-refractivity contribution in [3.8, 4) is 5.75 Å². The van der Waals surface area contributed by atoms with E-state index < -0.39 is 0 Å². The first kappa shape index (κ1) is 16.0. The predicted molar refractivity (Wildman–Crippen MR) is 69.1 cm³/mol. The van der Waals surface area contributed by atoms with E-state index in [1.807, 2.05) is 54.6 Å². The molecule has 0 saturated heterocycles. The van der Waals surface area contributed by atoms with Crippen LogP contribution in [0.15, 0.2) is 54.6 Å². The van der Waals surface area contributed by atoms with Crippen LogP contribution in [-0.2, 0) is 17.1 Å². The van der Waals surface area contributed by atoms with Gasteiger partial charge in [0.25, 0.3) is 0 Å². The number of unbranched alkanes of at least 4 members (excludes halogenated alkanes) is 2. The van der Waals surface area contributed by atoms with Gasteiger partial charge < -0.3 is 35.1 Å². The van der Waals surface area contributed by atoms with Crippen LogP contribution in [0.2, 0.25) is 0 Å². The number of rotatable bonds is 5. The molecule has 0 aliphatic rings. The van der Waals surface area contributed by atoms with E-state index in [0.717, 1.165) is 12.4 Å². The van der Waals surface area contributed by atoms with Crippen molar-refractivity contribution in [3.63, 3.8) is 0 Å². The van der Waals surface area contributed by atoms with Crippen LogP contribution in [0, 0.1) is 0 Å². The van der Waals surface area contributed by atoms with E-state index in [2.05, 4.69) is 6.92 Å². The van der Waals surface area contributed by atoms with Gasteiger partial charge in [-0.1, -0.05) is 19.8 Å². The van der Waals surface area contributed by atoms with Crippen LogP contribution in [0.25, 0.3) is 0 Å². The molecule has 0 saturated carbocycles. The number of ether oxygens (including phenoxy) is 1. The summed E-state index contributed by atoms with van der Waals surface area (Å²) < 4.78 is 5.45. The van der Waals surface area contributed by atoms with Gasteiger partial charge in [0, 0.05) is 22.8 Å². The normalized spacial score (nSPS) is 8.76. The molecule has 0 unspecified atom stereocenters. The fourth-order valence-electron chi connectivity index (χ4n) is 1.32. The third-order valence-electron chi connectivity index (χ3n) is 2.20. The SMILES string of the molecule is CCCCCO[c-]1cccc1.[Fe].[cH-]1[cH-][cH-][cH-][cH-]1. The second-order valence-electron chi connectivity index (χ2n) is 3.64. The molecule has 100 valence electrons. The minimum atomic E-state index is 0. The molecule has 0 spiro atoms. The Morgan fingerprint density at radius 3 is 1.94 bits per heavy atom. The van der Waals surface area contributed by atoms with E-state index in [-0.39, 0.29) is 17.1 Å². The Hall–Kier alpha value is -0.981. The summed E-state index contributed by atoms with van der Waals surface area (Å²) >= 11 is 0. The Morgan fingerprint density at radius 2 is 1.47 bits per heavy atom. The first-order valence-electron chi connectivity index (χ1n) is 5.94. The summed E-state index contributed by atoms with van der Waals surface area (Å²) in [5.74, 6) is 1.00. The molecule has 0 aromatic heterocycles. The van der Waals surface area contributed by atoms with Crippen molar-refractivity contribution in [2.75, 3.05) is 6.61 Å². The van der Waals surface area contributed by atoms with Crippen LogP contribution in [-0.4, -0.2) is 6.61 Å². The minimum Gasteiger partial charge on any atom is -0.748 e. The van der Waals surface area contributed by atoms with Gasteiger partial charge in [-0.15, -0.1) is 12.1 Å². The van der Waals surface area contributed by atoms with Gasteiger partial charge in [-0.2, -0.15) is 0 Å². The van der Waals surface area contributed by atoms with Crippen LogP contribution in [0.4, 0.5) is 0 Å². The third kappa shape index (κ3) is 8.79. The maximum atomic E-state index is 5.45. The quantitative estimate of drug-likeness (QED) is 0.446. The zero-order valence-electron chi connectivity index (χ0n) is 10.3. The maximum absolute atomic E-state index is 5.45. The Balaban J connectivity index is 0.000000360. The van der Waals surface area contributed by atoms with Crippen molar-refractivity contribution in [2.45, 2.75) is 26.2 Å². The van der Waals surface area contributed by atoms with Gasteiger partial charge in [-0.05, 0) is 6.42 Å². The van der Waals surface area contributed by atoms with Crippen LogP contribution < -0.4 is 4.74 Å². The van der Waals surface area contributed by atoms with Gasteiger partial charge in [0.15, 0.2) is 0 Å². The van der Waals surface area contributed by atoms with Gasteiger partial charge in [0.1, 0.15) is 0 Å². The summed E-state index contributed by atoms with van der Waals surface area (Å²) in [7, 11) is 0. The summed E-state index contributed by atoms with van der Waals surface area (Å²) in [5, 5.41) is 0. The van der Waals surface area contributed by atoms with Crippen molar-refractivity contribution in [1.82, 2.24) is 0 Å². The van der Waals surface area contributed by atoms with Gasteiger partial charge >= 0.3 is 0 Å². The molecule has 2 heteroatoms. The van der Waals surface area contributed by atoms with Crippen molar-refractivity contribution in [2.24, 2.45) is 0 Å². The summed E-state index contributed by atoms with van der Waals surface area (Å²) in [5.41, 5.74) is 0. The molecule has 0 N–H and O–H groups in total. The first-order valence-corrected chi connectivity index (χ1v) is 5.94. The smallest absolute Gasteiger partial charge is 0.0714 e. The van der Waals surface area contributed by atoms with Crippen molar-refractivity contribution >= 4 is 0 Å². The Morgan fingerprint density at radius 1 is 0.941 bits per heavy atom. The Kier molecular flexibility index (Phi) is 10.8. The molecule has 17 heavy (non-hydrogen) atoms. The molecule has 0 fully saturated rings. The van der Waals surface area contributed by atoms with Crippen LogP contribution in [0.1, 0.15) is 26.2 Å². The average Bonchev–Trinajstić information content (AvgIpc) is 2.99. The van der Waals surface area contributed by atoms with Gasteiger partial charge in [-0.25, -0.2) is 12.1 Å². The number of hydrogen-bond donors (Lipinski definition) is 0. The minimum absolute atomic E-state index is 0. The maximum Gasteiger partial charge on any atom is 0.0714 e. The summed E-state index contributed by atoms with van der Waals surface area (Å²) in [4.78, 5) is 0. The van der Waals surface area contributed by atoms with Crippen molar-refractivity contribution in [1.29, 1.82) is 0 Å². The monoisotopic (exact) mass is 272 g/mol. The molecule has 0 heterocycles. The predicted octanol–water partition coefficient (Wildman–Crippen LogP) is 4.38. The van der Waals surface area contributed by atoms with E-state index in [1.165, 1.54) is 19.3 Å². The fourth-order valence-corrected chi connectivity index (χ4v) is 1.32. The van der Waals surface area contributed by atoms with E-state index in [9.17, 15) is 0 Å². The average molecular weight is 272 g/mol. The molecule has 2 aromatic carbocycles. The second-order valence-corrected chi connectivity index (χ2v) is 3.64. The summed E-state index contributed by atoms with van der Waals surface area (Å²) in [6.07, 6.45) is 3.69. The van der Waals surface area contributed by atoms with Gasteiger partial charge in [0.05, 0.1) is 6.61 Å². The van der Waals surface area contributed by atoms with Crippen LogP contribution in [0.5, 0.6) is 5.75 Å². The van der Waals surface area contributed by atoms with Crippen molar-refractivity contribution < 1.29 is 21.8 Å². The standard InChI is InChI=1S/C10H15O.C5H5.Fe/c1-2-3-6-9-11-10-7-4-5-8-10;1-2-4-5-3-1;/h4-5,7-8H,2-3,6,9H2,1H3;1-5H;/q-1;-5;. The molecule has 0 aliphatic heterocycles. The number of hydrogen-bond acceptors (Lipinski definition) is 1. The summed E-state index contributed by atoms with van der Waals surface area (Å²) in [6.45, 7) is 3.06. The first-order chi connectivity index (χ1) is 7.93. The molecule has 0 radical (unpaired) electrons. The molecular formula is C15H20FeO-6. The van der Waals surface area contributed by atoms with Gasteiger partial charge in [0.2, 0.25) is 0 Å². The zero-order valence-corrected chi connectivity index (χ0v) is 11.4. The Labute approximate surface area is 115 Å². The molecule has 0 atom stereocenters. The molecule has 0 amide bonds. The molecule has 0 bridgehead atoms. The summed E-state index contributed by atoms with van der Waals surface area (Å²) in [6, 6.07) is 18.0. The zero-order chi connectivity index (χ0) is 11.5. The Bertz CT molecular complexity index is 293. The van der Waals surface area contributed by atoms with E-state index in [1.54, 1.807) is 0 Å². The largest absolute Gasteiger partial charge is 0.748 e. The van der Waals surface area contributed by atoms with E-state index in [4.69, 9.17) is 4.74 Å². The van der Waals surface area contributed by atoms with Crippen LogP contribution in [0.3, 0.4) is 0 Å². The van der Waals surface area contributed by atoms with Gasteiger partial charge in [-0.3, -0.25) is 0 Å². The van der Waals surface area contributed by atoms with E-state index >= 15 is 0 Å². The fraction of sp³-hybridized carbons (Fsp3) is 0.333. The van der Waals surface area contributed by atoms with Crippen molar-refractivity contribution in [3.05, 3.63) is 54.6 Å². The molecular weight excluding hydrogens is 252 g/mol. The molecule has 2 aromatic rings. The third-order valence-corrected chi connectivity index (χ3v) is 2.20. The second kappa shape index (κ2) is 11.5. The molecule has 2 rings (SSSR count).